The van der Waals surface area contributed by atoms with E-state index in [1.807, 2.05) is 56.3 Å². The molecule has 1 aromatic heterocycles. The second-order valence-corrected chi connectivity index (χ2v) is 5.93. The highest BCUT2D eigenvalue weighted by Crippen LogP contribution is 2.27. The highest BCUT2D eigenvalue weighted by molar-refractivity contribution is 7.20. The van der Waals surface area contributed by atoms with Crippen molar-refractivity contribution in [3.63, 3.8) is 0 Å². The van der Waals surface area contributed by atoms with Crippen molar-refractivity contribution < 1.29 is 9.53 Å². The molecule has 1 amide bonds. The molecule has 0 saturated carbocycles. The summed E-state index contributed by atoms with van der Waals surface area (Å²) in [6.45, 7) is 4.57. The van der Waals surface area contributed by atoms with Gasteiger partial charge in [-0.25, -0.2) is 4.98 Å². The molecule has 0 aliphatic heterocycles. The van der Waals surface area contributed by atoms with E-state index >= 15 is 0 Å². The van der Waals surface area contributed by atoms with Crippen LogP contribution in [0.4, 0.5) is 5.69 Å². The topological polar surface area (TPSA) is 51.2 Å². The Morgan fingerprint density at radius 2 is 2.00 bits per heavy atom. The number of anilines is 1. The van der Waals surface area contributed by atoms with Gasteiger partial charge in [0, 0.05) is 5.69 Å². The summed E-state index contributed by atoms with van der Waals surface area (Å²) >= 11 is 1.36. The summed E-state index contributed by atoms with van der Waals surface area (Å²) in [5.41, 5.74) is 2.73. The van der Waals surface area contributed by atoms with Crippen LogP contribution in [0.2, 0.25) is 0 Å². The summed E-state index contributed by atoms with van der Waals surface area (Å²) in [5.74, 6) is 0.604. The van der Waals surface area contributed by atoms with Gasteiger partial charge in [0.25, 0.3) is 5.91 Å². The lowest BCUT2D eigenvalue weighted by molar-refractivity contribution is 0.102. The zero-order chi connectivity index (χ0) is 15.5. The predicted octanol–water partition coefficient (Wildman–Crippen LogP) is 4.26. The Hall–Kier alpha value is -2.40. The van der Waals surface area contributed by atoms with Gasteiger partial charge in [0.15, 0.2) is 5.01 Å². The lowest BCUT2D eigenvalue weighted by atomic mass is 10.2. The Labute approximate surface area is 132 Å². The molecule has 0 aliphatic carbocycles. The number of carbonyl (C=O) groups is 1. The van der Waals surface area contributed by atoms with Crippen molar-refractivity contribution in [3.8, 4) is 5.75 Å². The molecule has 5 heteroatoms. The van der Waals surface area contributed by atoms with Gasteiger partial charge >= 0.3 is 0 Å². The van der Waals surface area contributed by atoms with Crippen LogP contribution in [-0.2, 0) is 0 Å². The van der Waals surface area contributed by atoms with E-state index in [2.05, 4.69) is 10.3 Å². The fourth-order valence-corrected chi connectivity index (χ4v) is 2.97. The molecule has 112 valence electrons. The van der Waals surface area contributed by atoms with E-state index in [0.717, 1.165) is 27.2 Å². The maximum Gasteiger partial charge on any atom is 0.284 e. The summed E-state index contributed by atoms with van der Waals surface area (Å²) in [4.78, 5) is 16.7. The van der Waals surface area contributed by atoms with Crippen molar-refractivity contribution >= 4 is 33.1 Å². The van der Waals surface area contributed by atoms with Crippen molar-refractivity contribution in [2.24, 2.45) is 0 Å². The van der Waals surface area contributed by atoms with Crippen LogP contribution in [-0.4, -0.2) is 17.5 Å². The van der Waals surface area contributed by atoms with Crippen LogP contribution in [0.5, 0.6) is 5.75 Å². The third-order valence-corrected chi connectivity index (χ3v) is 4.19. The molecule has 1 heterocycles. The number of ether oxygens (including phenoxy) is 1. The van der Waals surface area contributed by atoms with E-state index in [1.165, 1.54) is 11.3 Å². The SMILES string of the molecule is CCOc1ccc2nc(C(=O)Nc3ccc(C)cc3)sc2c1. The average molecular weight is 312 g/mol. The van der Waals surface area contributed by atoms with Crippen LogP contribution in [0.15, 0.2) is 42.5 Å². The molecule has 0 unspecified atom stereocenters. The van der Waals surface area contributed by atoms with E-state index in [9.17, 15) is 4.79 Å². The van der Waals surface area contributed by atoms with E-state index in [-0.39, 0.29) is 5.91 Å². The number of amides is 1. The Morgan fingerprint density at radius 3 is 2.73 bits per heavy atom. The molecule has 2 aromatic carbocycles. The second-order valence-electron chi connectivity index (χ2n) is 4.90. The molecule has 0 atom stereocenters. The van der Waals surface area contributed by atoms with Crippen LogP contribution >= 0.6 is 11.3 Å². The van der Waals surface area contributed by atoms with E-state index in [1.54, 1.807) is 0 Å². The lowest BCUT2D eigenvalue weighted by Crippen LogP contribution is -2.11. The lowest BCUT2D eigenvalue weighted by Gasteiger charge is -2.02. The van der Waals surface area contributed by atoms with Crippen LogP contribution in [0.3, 0.4) is 0 Å². The Kier molecular flexibility index (Phi) is 4.06. The van der Waals surface area contributed by atoms with Gasteiger partial charge in [-0.15, -0.1) is 11.3 Å². The van der Waals surface area contributed by atoms with Gasteiger partial charge in [-0.3, -0.25) is 4.79 Å². The largest absolute Gasteiger partial charge is 0.494 e. The van der Waals surface area contributed by atoms with Crippen LogP contribution in [0.25, 0.3) is 10.2 Å². The quantitative estimate of drug-likeness (QED) is 0.783. The minimum absolute atomic E-state index is 0.192. The summed E-state index contributed by atoms with van der Waals surface area (Å²) in [5, 5.41) is 3.31. The Bertz CT molecular complexity index is 809. The first-order chi connectivity index (χ1) is 10.7. The minimum atomic E-state index is -0.192. The van der Waals surface area contributed by atoms with Gasteiger partial charge in [-0.05, 0) is 44.2 Å². The predicted molar refractivity (Wildman–Crippen MR) is 89.9 cm³/mol. The average Bonchev–Trinajstić information content (AvgIpc) is 2.93. The maximum atomic E-state index is 12.3. The fraction of sp³-hybridized carbons (Fsp3) is 0.176. The number of carbonyl (C=O) groups excluding carboxylic acids is 1. The van der Waals surface area contributed by atoms with Crippen molar-refractivity contribution in [1.82, 2.24) is 4.98 Å². The van der Waals surface area contributed by atoms with E-state index < -0.39 is 0 Å². The molecular weight excluding hydrogens is 296 g/mol. The molecule has 0 aliphatic rings. The molecule has 1 N–H and O–H groups in total. The number of thiazole rings is 1. The van der Waals surface area contributed by atoms with Gasteiger partial charge < -0.3 is 10.1 Å². The zero-order valence-electron chi connectivity index (χ0n) is 12.4. The highest BCUT2D eigenvalue weighted by Gasteiger charge is 2.13. The summed E-state index contributed by atoms with van der Waals surface area (Å²) in [7, 11) is 0. The van der Waals surface area contributed by atoms with Gasteiger partial charge in [-0.2, -0.15) is 0 Å². The molecule has 22 heavy (non-hydrogen) atoms. The number of fused-ring (bicyclic) bond motifs is 1. The molecular formula is C17H16N2O2S. The normalized spacial score (nSPS) is 10.6. The van der Waals surface area contributed by atoms with Gasteiger partial charge in [0.1, 0.15) is 5.75 Å². The smallest absolute Gasteiger partial charge is 0.284 e. The first-order valence-corrected chi connectivity index (χ1v) is 7.89. The first kappa shape index (κ1) is 14.5. The number of hydrogen-bond acceptors (Lipinski definition) is 4. The van der Waals surface area contributed by atoms with Crippen molar-refractivity contribution in [3.05, 3.63) is 53.0 Å². The molecule has 0 radical (unpaired) electrons. The number of benzene rings is 2. The van der Waals surface area contributed by atoms with Crippen molar-refractivity contribution in [2.75, 3.05) is 11.9 Å². The molecule has 3 rings (SSSR count). The molecule has 0 bridgehead atoms. The first-order valence-electron chi connectivity index (χ1n) is 7.07. The Balaban J connectivity index is 1.82. The number of rotatable bonds is 4. The monoisotopic (exact) mass is 312 g/mol. The molecule has 0 spiro atoms. The maximum absolute atomic E-state index is 12.3. The van der Waals surface area contributed by atoms with Crippen molar-refractivity contribution in [2.45, 2.75) is 13.8 Å². The molecule has 3 aromatic rings. The number of aryl methyl sites for hydroxylation is 1. The highest BCUT2D eigenvalue weighted by atomic mass is 32.1. The number of hydrogen-bond donors (Lipinski definition) is 1. The summed E-state index contributed by atoms with van der Waals surface area (Å²) < 4.78 is 6.41. The van der Waals surface area contributed by atoms with Gasteiger partial charge in [-0.1, -0.05) is 17.7 Å². The standard InChI is InChI=1S/C17H16N2O2S/c1-3-21-13-8-9-14-15(10-13)22-17(19-14)16(20)18-12-6-4-11(2)5-7-12/h4-10H,3H2,1-2H3,(H,18,20). The summed E-state index contributed by atoms with van der Waals surface area (Å²) in [6, 6.07) is 13.3. The van der Waals surface area contributed by atoms with E-state index in [4.69, 9.17) is 4.74 Å². The van der Waals surface area contributed by atoms with E-state index in [0.29, 0.717) is 11.6 Å². The number of nitrogens with one attached hydrogen (secondary N) is 1. The number of aromatic nitrogens is 1. The van der Waals surface area contributed by atoms with Crippen LogP contribution in [0, 0.1) is 6.92 Å². The van der Waals surface area contributed by atoms with Gasteiger partial charge in [0.05, 0.1) is 16.8 Å². The van der Waals surface area contributed by atoms with Crippen molar-refractivity contribution in [1.29, 1.82) is 0 Å². The third-order valence-electron chi connectivity index (χ3n) is 3.17. The molecule has 4 nitrogen and oxygen atoms in total. The second kappa shape index (κ2) is 6.15. The van der Waals surface area contributed by atoms with Crippen LogP contribution < -0.4 is 10.1 Å². The third kappa shape index (κ3) is 3.09. The Morgan fingerprint density at radius 1 is 1.23 bits per heavy atom. The minimum Gasteiger partial charge on any atom is -0.494 e. The summed E-state index contributed by atoms with van der Waals surface area (Å²) in [6.07, 6.45) is 0. The number of nitrogens with zero attached hydrogens (tertiary/aromatic N) is 1. The molecule has 0 saturated heterocycles. The molecule has 0 fully saturated rings. The zero-order valence-corrected chi connectivity index (χ0v) is 13.2. The fourth-order valence-electron chi connectivity index (χ4n) is 2.08. The van der Waals surface area contributed by atoms with Crippen LogP contribution in [0.1, 0.15) is 22.3 Å². The van der Waals surface area contributed by atoms with Gasteiger partial charge in [0.2, 0.25) is 0 Å².